The molecule has 1 amide bonds. The van der Waals surface area contributed by atoms with Gasteiger partial charge in [-0.15, -0.1) is 6.58 Å². The van der Waals surface area contributed by atoms with Gasteiger partial charge in [0.05, 0.1) is 23.2 Å². The molecule has 0 radical (unpaired) electrons. The molecule has 0 spiro atoms. The van der Waals surface area contributed by atoms with Crippen LogP contribution in [0.25, 0.3) is 6.08 Å². The lowest BCUT2D eigenvalue weighted by atomic mass is 9.55. The molecule has 14 heteroatoms. The fourth-order valence-electron chi connectivity index (χ4n) is 10.9. The Kier molecular flexibility index (Phi) is 16.0. The van der Waals surface area contributed by atoms with Gasteiger partial charge in [0, 0.05) is 55.9 Å². The van der Waals surface area contributed by atoms with Crippen LogP contribution in [-0.4, -0.2) is 70.1 Å². The number of unbranched alkanes of at least 4 members (excludes halogenated alkanes) is 2. The summed E-state index contributed by atoms with van der Waals surface area (Å²) in [5.41, 5.74) is 6.96. The molecule has 0 unspecified atom stereocenters. The van der Waals surface area contributed by atoms with Crippen LogP contribution < -0.4 is 18.9 Å². The number of hydrogen-bond acceptors (Lipinski definition) is 12. The van der Waals surface area contributed by atoms with E-state index in [2.05, 4.69) is 32.6 Å². The molecule has 380 valence electrons. The predicted octanol–water partition coefficient (Wildman–Crippen LogP) is 11.3. The summed E-state index contributed by atoms with van der Waals surface area (Å²) in [6, 6.07) is 32.5. The first-order valence-corrected chi connectivity index (χ1v) is 25.2. The highest BCUT2D eigenvalue weighted by Gasteiger charge is 2.65. The molecule has 0 saturated heterocycles. The summed E-state index contributed by atoms with van der Waals surface area (Å²) < 4.78 is 32.9. The molecule has 0 bridgehead atoms. The summed E-state index contributed by atoms with van der Waals surface area (Å²) in [5.74, 6) is 0.280. The SMILES string of the molecule is C=CCO[C@@]12Oc3ccc(Oc4ccc(C)c(C)c4)cc3[C@H]3[C@H](CCCCO)[C@@H](CCCCO)C=C(C(=NOCc4ccccc4)C[C@@H]1N(Cc1ccc4c(c1)OCO4)C(=O)C=Cc1ccc([N+](=O)[O-])cc1)[C@H]32. The molecule has 73 heavy (non-hydrogen) atoms. The van der Waals surface area contributed by atoms with Crippen LogP contribution in [-0.2, 0) is 27.5 Å². The fourth-order valence-corrected chi connectivity index (χ4v) is 10.9. The first-order chi connectivity index (χ1) is 35.6. The van der Waals surface area contributed by atoms with Crippen molar-refractivity contribution in [3.8, 4) is 28.7 Å². The first kappa shape index (κ1) is 50.7. The number of rotatable bonds is 22. The Bertz CT molecular complexity index is 2860. The zero-order valence-corrected chi connectivity index (χ0v) is 41.4. The number of carbonyl (C=O) groups is 1. The predicted molar refractivity (Wildman–Crippen MR) is 277 cm³/mol. The Morgan fingerprint density at radius 3 is 2.36 bits per heavy atom. The second-order valence-electron chi connectivity index (χ2n) is 19.2. The van der Waals surface area contributed by atoms with Gasteiger partial charge in [-0.25, -0.2) is 0 Å². The molecule has 1 saturated carbocycles. The van der Waals surface area contributed by atoms with E-state index >= 15 is 4.79 Å². The van der Waals surface area contributed by atoms with E-state index in [-0.39, 0.29) is 75.5 Å². The van der Waals surface area contributed by atoms with Crippen LogP contribution in [0.4, 0.5) is 5.69 Å². The topological polar surface area (TPSA) is 172 Å². The maximum Gasteiger partial charge on any atom is 0.269 e. The van der Waals surface area contributed by atoms with Crippen molar-refractivity contribution in [3.05, 3.63) is 183 Å². The minimum absolute atomic E-state index is 0.0146. The van der Waals surface area contributed by atoms with Gasteiger partial charge in [-0.1, -0.05) is 72.6 Å². The van der Waals surface area contributed by atoms with Crippen molar-refractivity contribution in [2.45, 2.75) is 89.7 Å². The van der Waals surface area contributed by atoms with Crippen molar-refractivity contribution >= 4 is 23.4 Å². The average molecular weight is 990 g/mol. The van der Waals surface area contributed by atoms with Crippen LogP contribution in [0, 0.1) is 41.7 Å². The molecule has 1 fully saturated rings. The average Bonchev–Trinajstić information content (AvgIpc) is 3.88. The van der Waals surface area contributed by atoms with E-state index < -0.39 is 22.7 Å². The first-order valence-electron chi connectivity index (χ1n) is 25.2. The van der Waals surface area contributed by atoms with Gasteiger partial charge in [0.25, 0.3) is 5.69 Å². The van der Waals surface area contributed by atoms with Crippen LogP contribution >= 0.6 is 0 Å². The summed E-state index contributed by atoms with van der Waals surface area (Å²) >= 11 is 0. The number of aliphatic hydroxyl groups is 2. The number of nitrogens with zero attached hydrogens (tertiary/aromatic N) is 3. The number of nitro groups is 1. The number of nitro benzene ring substituents is 1. The van der Waals surface area contributed by atoms with Crippen LogP contribution in [0.1, 0.15) is 84.2 Å². The van der Waals surface area contributed by atoms with Gasteiger partial charge in [0.2, 0.25) is 18.5 Å². The summed E-state index contributed by atoms with van der Waals surface area (Å²) in [7, 11) is 0. The highest BCUT2D eigenvalue weighted by atomic mass is 16.7. The summed E-state index contributed by atoms with van der Waals surface area (Å²) in [6.45, 7) is 8.79. The number of aliphatic hydroxyl groups excluding tert-OH is 2. The van der Waals surface area contributed by atoms with Crippen molar-refractivity contribution in [2.75, 3.05) is 26.6 Å². The molecule has 2 aliphatic heterocycles. The number of amides is 1. The van der Waals surface area contributed by atoms with Crippen LogP contribution in [0.15, 0.2) is 145 Å². The third-order valence-electron chi connectivity index (χ3n) is 14.6. The Labute approximate surface area is 426 Å². The Morgan fingerprint density at radius 1 is 0.863 bits per heavy atom. The minimum Gasteiger partial charge on any atom is -0.459 e. The number of carbonyl (C=O) groups excluding carboxylic acids is 1. The van der Waals surface area contributed by atoms with Crippen LogP contribution in [0.5, 0.6) is 28.7 Å². The molecule has 2 N–H and O–H groups in total. The normalized spacial score (nSPS) is 21.9. The number of fused-ring (bicyclic) bond motifs is 3. The lowest BCUT2D eigenvalue weighted by Crippen LogP contribution is -2.70. The van der Waals surface area contributed by atoms with E-state index in [1.807, 2.05) is 78.9 Å². The molecule has 6 atom stereocenters. The number of non-ortho nitro benzene ring substituents is 1. The largest absolute Gasteiger partial charge is 0.459 e. The summed E-state index contributed by atoms with van der Waals surface area (Å²) in [5, 5.41) is 36.7. The molecule has 4 aliphatic rings. The van der Waals surface area contributed by atoms with E-state index in [1.54, 1.807) is 29.2 Å². The Hall–Kier alpha value is -7.26. The van der Waals surface area contributed by atoms with Gasteiger partial charge < -0.3 is 43.6 Å². The number of ether oxygens (including phenoxy) is 5. The van der Waals surface area contributed by atoms with E-state index in [4.69, 9.17) is 33.7 Å². The molecular weight excluding hydrogens is 927 g/mol. The second-order valence-corrected chi connectivity index (χ2v) is 19.2. The van der Waals surface area contributed by atoms with Crippen LogP contribution in [0.3, 0.4) is 0 Å². The molecule has 2 aliphatic carbocycles. The van der Waals surface area contributed by atoms with Gasteiger partial charge >= 0.3 is 0 Å². The number of aryl methyl sites for hydroxylation is 2. The molecule has 5 aromatic rings. The van der Waals surface area contributed by atoms with Crippen molar-refractivity contribution < 1.29 is 48.5 Å². The maximum absolute atomic E-state index is 15.4. The molecule has 9 rings (SSSR count). The van der Waals surface area contributed by atoms with Crippen molar-refractivity contribution in [1.82, 2.24) is 4.90 Å². The molecular formula is C59H63N3O11. The third kappa shape index (κ3) is 11.2. The molecule has 5 aromatic carbocycles. The van der Waals surface area contributed by atoms with Crippen molar-refractivity contribution in [3.63, 3.8) is 0 Å². The number of benzene rings is 5. The van der Waals surface area contributed by atoms with E-state index in [0.717, 1.165) is 59.1 Å². The number of hydrogen-bond donors (Lipinski definition) is 2. The highest BCUT2D eigenvalue weighted by Crippen LogP contribution is 2.62. The highest BCUT2D eigenvalue weighted by molar-refractivity contribution is 6.03. The van der Waals surface area contributed by atoms with E-state index in [1.165, 1.54) is 18.2 Å². The molecule has 0 aromatic heterocycles. The minimum atomic E-state index is -1.55. The van der Waals surface area contributed by atoms with Gasteiger partial charge in [0.15, 0.2) is 11.5 Å². The number of allylic oxidation sites excluding steroid dienone is 1. The zero-order valence-electron chi connectivity index (χ0n) is 41.4. The maximum atomic E-state index is 15.4. The van der Waals surface area contributed by atoms with Gasteiger partial charge in [-0.3, -0.25) is 14.9 Å². The molecule has 14 nitrogen and oxygen atoms in total. The van der Waals surface area contributed by atoms with E-state index in [9.17, 15) is 20.3 Å². The summed E-state index contributed by atoms with van der Waals surface area (Å²) in [4.78, 5) is 34.6. The van der Waals surface area contributed by atoms with E-state index in [0.29, 0.717) is 52.9 Å². The number of oxime groups is 1. The van der Waals surface area contributed by atoms with Crippen molar-refractivity contribution in [1.29, 1.82) is 0 Å². The standard InChI is InChI=1S/C59H63N3O11/c1-4-30-70-59-55(61(36-43-19-25-53-54(32-43)69-38-68-53)56(65)27-20-41-17-21-45(22-18-41)62(66)67)35-51(60-71-37-42-12-6-5-7-13-42)49-33-44(14-8-10-28-63)48(15-9-11-29-64)57(58(49)59)50-34-47(24-26-52(50)73-59)72-46-23-16-39(2)40(3)31-46/h4-7,12-13,16-27,31-34,44,48,55,57-58,63-64H,1,8-11,14-15,28-30,35-38H2,2-3H3/t44-,48+,55-,57+,58+,59+/m0/s1. The summed E-state index contributed by atoms with van der Waals surface area (Å²) in [6.07, 6.45) is 11.6. The van der Waals surface area contributed by atoms with Crippen molar-refractivity contribution in [2.24, 2.45) is 22.9 Å². The van der Waals surface area contributed by atoms with Gasteiger partial charge in [-0.05, 0) is 145 Å². The molecule has 2 heterocycles. The zero-order chi connectivity index (χ0) is 50.9. The van der Waals surface area contributed by atoms with Crippen LogP contribution in [0.2, 0.25) is 0 Å². The lowest BCUT2D eigenvalue weighted by molar-refractivity contribution is -0.384. The monoisotopic (exact) mass is 989 g/mol. The Morgan fingerprint density at radius 2 is 1.60 bits per heavy atom. The van der Waals surface area contributed by atoms with Gasteiger partial charge in [0.1, 0.15) is 29.9 Å². The smallest absolute Gasteiger partial charge is 0.269 e. The second kappa shape index (κ2) is 23.1. The third-order valence-corrected chi connectivity index (χ3v) is 14.6. The Balaban J connectivity index is 1.24. The lowest BCUT2D eigenvalue weighted by Gasteiger charge is -2.60. The van der Waals surface area contributed by atoms with Gasteiger partial charge in [-0.2, -0.15) is 0 Å². The quantitative estimate of drug-likeness (QED) is 0.0222. The fraction of sp³-hybridized carbons (Fsp3) is 0.356.